The molecule has 1 aromatic carbocycles. The van der Waals surface area contributed by atoms with Crippen molar-refractivity contribution < 1.29 is 13.2 Å². The van der Waals surface area contributed by atoms with Crippen LogP contribution in [0.2, 0.25) is 0 Å². The number of fused-ring (bicyclic) bond motifs is 1. The second-order valence-electron chi connectivity index (χ2n) is 4.40. The zero-order chi connectivity index (χ0) is 15.7. The van der Waals surface area contributed by atoms with Crippen molar-refractivity contribution >= 4 is 43.2 Å². The zero-order valence-electron chi connectivity index (χ0n) is 11.1. The lowest BCUT2D eigenvalue weighted by Gasteiger charge is -2.04. The molecule has 0 radical (unpaired) electrons. The summed E-state index contributed by atoms with van der Waals surface area (Å²) in [6, 6.07) is 8.23. The summed E-state index contributed by atoms with van der Waals surface area (Å²) in [5.74, 6) is -0.302. The van der Waals surface area contributed by atoms with Gasteiger partial charge in [0, 0.05) is 18.1 Å². The van der Waals surface area contributed by atoms with E-state index in [0.717, 1.165) is 11.3 Å². The number of sulfonamides is 1. The van der Waals surface area contributed by atoms with Crippen molar-refractivity contribution in [3.8, 4) is 0 Å². The fourth-order valence-corrected chi connectivity index (χ4v) is 3.50. The number of hydrogen-bond acceptors (Lipinski definition) is 6. The van der Waals surface area contributed by atoms with E-state index in [0.29, 0.717) is 21.5 Å². The summed E-state index contributed by atoms with van der Waals surface area (Å²) in [6.45, 7) is 0. The Morgan fingerprint density at radius 1 is 1.27 bits per heavy atom. The Hall–Kier alpha value is -2.36. The van der Waals surface area contributed by atoms with Gasteiger partial charge in [-0.15, -0.1) is 11.3 Å². The van der Waals surface area contributed by atoms with Crippen LogP contribution in [-0.2, 0) is 10.0 Å². The molecule has 22 heavy (non-hydrogen) atoms. The third-order valence-electron chi connectivity index (χ3n) is 2.79. The molecule has 2 heterocycles. The van der Waals surface area contributed by atoms with Crippen molar-refractivity contribution in [2.75, 3.05) is 5.32 Å². The van der Waals surface area contributed by atoms with Crippen LogP contribution in [0.5, 0.6) is 0 Å². The Kier molecular flexibility index (Phi) is 3.61. The maximum atomic E-state index is 12.0. The van der Waals surface area contributed by atoms with E-state index in [1.807, 2.05) is 0 Å². The molecule has 0 aliphatic carbocycles. The first-order chi connectivity index (χ1) is 10.4. The van der Waals surface area contributed by atoms with E-state index in [2.05, 4.69) is 15.3 Å². The quantitative estimate of drug-likeness (QED) is 0.755. The van der Waals surface area contributed by atoms with Crippen LogP contribution < -0.4 is 10.5 Å². The van der Waals surface area contributed by atoms with Crippen molar-refractivity contribution in [3.63, 3.8) is 0 Å². The Morgan fingerprint density at radius 3 is 2.77 bits per heavy atom. The van der Waals surface area contributed by atoms with Crippen LogP contribution in [0.15, 0.2) is 47.1 Å². The molecule has 0 spiro atoms. The van der Waals surface area contributed by atoms with Crippen molar-refractivity contribution in [2.45, 2.75) is 4.34 Å². The molecule has 2 aromatic heterocycles. The monoisotopic (exact) mass is 334 g/mol. The average Bonchev–Trinajstić information content (AvgIpc) is 2.91. The molecular weight excluding hydrogens is 324 g/mol. The molecule has 0 saturated heterocycles. The minimum absolute atomic E-state index is 0.154. The number of nitrogens with zero attached hydrogens (tertiary/aromatic N) is 2. The Morgan fingerprint density at radius 2 is 2.09 bits per heavy atom. The van der Waals surface area contributed by atoms with Crippen LogP contribution >= 0.6 is 11.3 Å². The smallest absolute Gasteiger partial charge is 0.265 e. The van der Waals surface area contributed by atoms with Gasteiger partial charge in [0.1, 0.15) is 0 Å². The number of hydrogen-bond donors (Lipinski definition) is 2. The van der Waals surface area contributed by atoms with Crippen LogP contribution in [0, 0.1) is 0 Å². The molecule has 1 amide bonds. The van der Waals surface area contributed by atoms with Gasteiger partial charge in [0.05, 0.1) is 15.8 Å². The SMILES string of the molecule is NS(=O)(=O)c1nc2ccc(NC(=O)c3cccnc3)cc2s1. The lowest BCUT2D eigenvalue weighted by Crippen LogP contribution is -2.11. The van der Waals surface area contributed by atoms with Gasteiger partial charge in [-0.2, -0.15) is 0 Å². The minimum Gasteiger partial charge on any atom is -0.322 e. The van der Waals surface area contributed by atoms with E-state index in [4.69, 9.17) is 5.14 Å². The molecule has 0 fully saturated rings. The van der Waals surface area contributed by atoms with E-state index >= 15 is 0 Å². The number of anilines is 1. The number of pyridine rings is 1. The summed E-state index contributed by atoms with van der Waals surface area (Å²) in [7, 11) is -3.83. The summed E-state index contributed by atoms with van der Waals surface area (Å²) in [4.78, 5) is 19.9. The number of amides is 1. The highest BCUT2D eigenvalue weighted by Crippen LogP contribution is 2.27. The maximum absolute atomic E-state index is 12.0. The number of rotatable bonds is 3. The first kappa shape index (κ1) is 14.6. The van der Waals surface area contributed by atoms with Gasteiger partial charge < -0.3 is 5.32 Å². The summed E-state index contributed by atoms with van der Waals surface area (Å²) in [6.07, 6.45) is 3.04. The molecule has 3 aromatic rings. The van der Waals surface area contributed by atoms with Crippen LogP contribution in [0.4, 0.5) is 5.69 Å². The summed E-state index contributed by atoms with van der Waals surface area (Å²) >= 11 is 0.954. The highest BCUT2D eigenvalue weighted by molar-refractivity contribution is 7.91. The van der Waals surface area contributed by atoms with Gasteiger partial charge in [-0.05, 0) is 30.3 Å². The number of benzene rings is 1. The number of primary sulfonamides is 1. The molecule has 112 valence electrons. The second kappa shape index (κ2) is 5.44. The Labute approximate surface area is 129 Å². The predicted molar refractivity (Wildman–Crippen MR) is 83.2 cm³/mol. The lowest BCUT2D eigenvalue weighted by atomic mass is 10.2. The standard InChI is InChI=1S/C13H10N4O3S2/c14-22(19,20)13-17-10-4-3-9(6-11(10)21-13)16-12(18)8-2-1-5-15-7-8/h1-7H,(H,16,18)(H2,14,19,20). The van der Waals surface area contributed by atoms with E-state index in [1.165, 1.54) is 6.20 Å². The molecule has 0 aliphatic rings. The van der Waals surface area contributed by atoms with E-state index < -0.39 is 10.0 Å². The number of nitrogens with one attached hydrogen (secondary N) is 1. The Bertz CT molecular complexity index is 952. The fourth-order valence-electron chi connectivity index (χ4n) is 1.80. The molecule has 0 atom stereocenters. The van der Waals surface area contributed by atoms with Gasteiger partial charge in [0.15, 0.2) is 0 Å². The zero-order valence-corrected chi connectivity index (χ0v) is 12.7. The molecule has 3 N–H and O–H groups in total. The lowest BCUT2D eigenvalue weighted by molar-refractivity contribution is 0.102. The largest absolute Gasteiger partial charge is 0.322 e. The molecule has 7 nitrogen and oxygen atoms in total. The maximum Gasteiger partial charge on any atom is 0.265 e. The van der Waals surface area contributed by atoms with Gasteiger partial charge in [-0.1, -0.05) is 0 Å². The summed E-state index contributed by atoms with van der Waals surface area (Å²) < 4.78 is 23.1. The number of aromatic nitrogens is 2. The first-order valence-corrected chi connectivity index (χ1v) is 8.44. The van der Waals surface area contributed by atoms with E-state index in [9.17, 15) is 13.2 Å². The van der Waals surface area contributed by atoms with Gasteiger partial charge in [0.2, 0.25) is 4.34 Å². The normalized spacial score (nSPS) is 11.5. The summed E-state index contributed by atoms with van der Waals surface area (Å²) in [5, 5.41) is 7.78. The molecule has 9 heteroatoms. The minimum atomic E-state index is -3.83. The third kappa shape index (κ3) is 2.96. The summed E-state index contributed by atoms with van der Waals surface area (Å²) in [5.41, 5.74) is 1.47. The van der Waals surface area contributed by atoms with Crippen molar-refractivity contribution in [1.29, 1.82) is 0 Å². The molecule has 0 unspecified atom stereocenters. The van der Waals surface area contributed by atoms with Crippen LogP contribution in [0.3, 0.4) is 0 Å². The molecule has 3 rings (SSSR count). The van der Waals surface area contributed by atoms with Gasteiger partial charge in [0.25, 0.3) is 15.9 Å². The first-order valence-electron chi connectivity index (χ1n) is 6.08. The number of thiazole rings is 1. The number of carbonyl (C=O) groups excluding carboxylic acids is 1. The molecular formula is C13H10N4O3S2. The Balaban J connectivity index is 1.91. The number of carbonyl (C=O) groups is 1. The fraction of sp³-hybridized carbons (Fsp3) is 0. The van der Waals surface area contributed by atoms with Gasteiger partial charge in [-0.25, -0.2) is 18.5 Å². The molecule has 0 bridgehead atoms. The third-order valence-corrected chi connectivity index (χ3v) is 5.13. The second-order valence-corrected chi connectivity index (χ2v) is 7.17. The molecule has 0 saturated carbocycles. The molecule has 0 aliphatic heterocycles. The highest BCUT2D eigenvalue weighted by atomic mass is 32.2. The van der Waals surface area contributed by atoms with Crippen molar-refractivity contribution in [3.05, 3.63) is 48.3 Å². The highest BCUT2D eigenvalue weighted by Gasteiger charge is 2.15. The van der Waals surface area contributed by atoms with Gasteiger partial charge >= 0.3 is 0 Å². The van der Waals surface area contributed by atoms with Gasteiger partial charge in [-0.3, -0.25) is 9.78 Å². The topological polar surface area (TPSA) is 115 Å². The van der Waals surface area contributed by atoms with Crippen LogP contribution in [0.1, 0.15) is 10.4 Å². The van der Waals surface area contributed by atoms with Crippen LogP contribution in [-0.4, -0.2) is 24.3 Å². The van der Waals surface area contributed by atoms with E-state index in [1.54, 1.807) is 36.5 Å². The average molecular weight is 334 g/mol. The van der Waals surface area contributed by atoms with E-state index in [-0.39, 0.29) is 10.2 Å². The van der Waals surface area contributed by atoms with Crippen molar-refractivity contribution in [1.82, 2.24) is 9.97 Å². The predicted octanol–water partition coefficient (Wildman–Crippen LogP) is 1.59. The van der Waals surface area contributed by atoms with Crippen LogP contribution in [0.25, 0.3) is 10.2 Å². The number of nitrogens with two attached hydrogens (primary N) is 1. The van der Waals surface area contributed by atoms with Crippen molar-refractivity contribution in [2.24, 2.45) is 5.14 Å².